The molecule has 0 aromatic carbocycles. The monoisotopic (exact) mass is 278 g/mol. The van der Waals surface area contributed by atoms with Gasteiger partial charge in [-0.25, -0.2) is 4.98 Å². The molecule has 2 aliphatic carbocycles. The topological polar surface area (TPSA) is 63.6 Å². The fourth-order valence-electron chi connectivity index (χ4n) is 3.12. The first-order chi connectivity index (χ1) is 9.15. The van der Waals surface area contributed by atoms with Gasteiger partial charge < -0.3 is 4.57 Å². The van der Waals surface area contributed by atoms with Crippen LogP contribution in [0.15, 0.2) is 4.79 Å². The van der Waals surface area contributed by atoms with Gasteiger partial charge in [0.15, 0.2) is 11.2 Å². The van der Waals surface area contributed by atoms with Gasteiger partial charge >= 0.3 is 0 Å². The van der Waals surface area contributed by atoms with Crippen molar-refractivity contribution in [3.63, 3.8) is 0 Å². The van der Waals surface area contributed by atoms with Crippen molar-refractivity contribution in [2.24, 2.45) is 18.9 Å². The Balaban J connectivity index is 1.92. The minimum Gasteiger partial charge on any atom is -0.325 e. The molecular formula is C13H15ClN4O. The zero-order valence-corrected chi connectivity index (χ0v) is 11.4. The number of fused-ring (bicyclic) bond motifs is 1. The van der Waals surface area contributed by atoms with Crippen molar-refractivity contribution in [2.45, 2.75) is 31.6 Å². The lowest BCUT2D eigenvalue weighted by Crippen LogP contribution is -2.14. The molecule has 4 rings (SSSR count). The highest BCUT2D eigenvalue weighted by Gasteiger charge is 2.44. The minimum atomic E-state index is -0.207. The number of halogens is 1. The van der Waals surface area contributed by atoms with Gasteiger partial charge in [-0.15, -0.1) is 0 Å². The molecule has 0 amide bonds. The van der Waals surface area contributed by atoms with Crippen LogP contribution in [0.25, 0.3) is 11.2 Å². The summed E-state index contributed by atoms with van der Waals surface area (Å²) < 4.78 is 1.92. The van der Waals surface area contributed by atoms with Crippen LogP contribution in [0.2, 0.25) is 5.28 Å². The summed E-state index contributed by atoms with van der Waals surface area (Å²) in [4.78, 5) is 23.3. The van der Waals surface area contributed by atoms with E-state index in [-0.39, 0.29) is 10.8 Å². The lowest BCUT2D eigenvalue weighted by molar-refractivity contribution is 0.496. The standard InChI is InChI=1S/C13H15ClN4O/c1-18-9-10(16-13(14)17-12(9)19)15-11(18)8(6-2-3-6)7-4-5-7/h6-8H,2-5H2,1H3,(H,16,17,19). The maximum atomic E-state index is 12.0. The number of nitrogens with zero attached hydrogens (tertiary/aromatic N) is 3. The number of rotatable bonds is 3. The predicted molar refractivity (Wildman–Crippen MR) is 72.3 cm³/mol. The van der Waals surface area contributed by atoms with Gasteiger partial charge in [0.1, 0.15) is 5.82 Å². The molecule has 2 heterocycles. The third-order valence-electron chi connectivity index (χ3n) is 4.31. The van der Waals surface area contributed by atoms with Gasteiger partial charge in [0, 0.05) is 13.0 Å². The fourth-order valence-corrected chi connectivity index (χ4v) is 3.29. The molecule has 2 saturated carbocycles. The van der Waals surface area contributed by atoms with E-state index < -0.39 is 0 Å². The minimum absolute atomic E-state index is 0.108. The van der Waals surface area contributed by atoms with Crippen LogP contribution in [-0.4, -0.2) is 19.5 Å². The van der Waals surface area contributed by atoms with Crippen LogP contribution < -0.4 is 5.56 Å². The highest BCUT2D eigenvalue weighted by molar-refractivity contribution is 6.28. The largest absolute Gasteiger partial charge is 0.325 e. The van der Waals surface area contributed by atoms with E-state index in [1.54, 1.807) is 0 Å². The summed E-state index contributed by atoms with van der Waals surface area (Å²) in [5.41, 5.74) is 0.796. The maximum absolute atomic E-state index is 12.0. The van der Waals surface area contributed by atoms with Crippen molar-refractivity contribution in [2.75, 3.05) is 0 Å². The Morgan fingerprint density at radius 2 is 1.89 bits per heavy atom. The zero-order valence-electron chi connectivity index (χ0n) is 10.7. The van der Waals surface area contributed by atoms with E-state index in [2.05, 4.69) is 15.0 Å². The average molecular weight is 279 g/mol. The highest BCUT2D eigenvalue weighted by Crippen LogP contribution is 2.54. The summed E-state index contributed by atoms with van der Waals surface area (Å²) in [5, 5.41) is 0.108. The summed E-state index contributed by atoms with van der Waals surface area (Å²) in [6.45, 7) is 0. The average Bonchev–Trinajstić information content (AvgIpc) is 3.21. The van der Waals surface area contributed by atoms with Crippen LogP contribution in [-0.2, 0) is 7.05 Å². The highest BCUT2D eigenvalue weighted by atomic mass is 35.5. The molecule has 0 bridgehead atoms. The van der Waals surface area contributed by atoms with Crippen molar-refractivity contribution in [1.82, 2.24) is 19.5 Å². The Morgan fingerprint density at radius 1 is 1.26 bits per heavy atom. The van der Waals surface area contributed by atoms with Crippen LogP contribution >= 0.6 is 11.6 Å². The Morgan fingerprint density at radius 3 is 2.47 bits per heavy atom. The molecule has 100 valence electrons. The van der Waals surface area contributed by atoms with Crippen molar-refractivity contribution < 1.29 is 0 Å². The van der Waals surface area contributed by atoms with Crippen LogP contribution in [0.3, 0.4) is 0 Å². The van der Waals surface area contributed by atoms with Crippen LogP contribution in [0.4, 0.5) is 0 Å². The van der Waals surface area contributed by atoms with Crippen LogP contribution in [0, 0.1) is 11.8 Å². The zero-order chi connectivity index (χ0) is 13.1. The summed E-state index contributed by atoms with van der Waals surface area (Å²) >= 11 is 5.80. The SMILES string of the molecule is Cn1c(C(C2CC2)C2CC2)nc2nc(Cl)[nH]c(=O)c21. The van der Waals surface area contributed by atoms with E-state index in [9.17, 15) is 4.79 Å². The number of nitrogens with one attached hydrogen (secondary N) is 1. The van der Waals surface area contributed by atoms with Crippen LogP contribution in [0.1, 0.15) is 37.4 Å². The molecule has 0 unspecified atom stereocenters. The van der Waals surface area contributed by atoms with Gasteiger partial charge in [-0.1, -0.05) is 0 Å². The van der Waals surface area contributed by atoms with Gasteiger partial charge in [0.2, 0.25) is 5.28 Å². The quantitative estimate of drug-likeness (QED) is 0.876. The molecule has 0 atom stereocenters. The van der Waals surface area contributed by atoms with E-state index in [4.69, 9.17) is 11.6 Å². The number of aromatic nitrogens is 4. The molecule has 0 saturated heterocycles. The second-order valence-electron chi connectivity index (χ2n) is 5.76. The molecule has 0 radical (unpaired) electrons. The number of hydrogen-bond donors (Lipinski definition) is 1. The maximum Gasteiger partial charge on any atom is 0.278 e. The molecule has 5 nitrogen and oxygen atoms in total. The van der Waals surface area contributed by atoms with Gasteiger partial charge in [-0.05, 0) is 49.1 Å². The fraction of sp³-hybridized carbons (Fsp3) is 0.615. The van der Waals surface area contributed by atoms with E-state index >= 15 is 0 Å². The Kier molecular flexibility index (Phi) is 2.31. The van der Waals surface area contributed by atoms with Crippen molar-refractivity contribution >= 4 is 22.8 Å². The Hall–Kier alpha value is -1.36. The first kappa shape index (κ1) is 11.5. The predicted octanol–water partition coefficient (Wildman–Crippen LogP) is 2.21. The van der Waals surface area contributed by atoms with Gasteiger partial charge in [-0.3, -0.25) is 9.78 Å². The molecule has 2 fully saturated rings. The molecule has 0 spiro atoms. The van der Waals surface area contributed by atoms with Gasteiger partial charge in [0.05, 0.1) is 0 Å². The van der Waals surface area contributed by atoms with E-state index in [1.165, 1.54) is 25.7 Å². The lowest BCUT2D eigenvalue weighted by atomic mass is 9.97. The number of H-pyrrole nitrogens is 1. The lowest BCUT2D eigenvalue weighted by Gasteiger charge is -2.14. The molecule has 19 heavy (non-hydrogen) atoms. The Bertz CT molecular complexity index is 699. The molecule has 1 N–H and O–H groups in total. The number of aromatic amines is 1. The molecule has 2 aromatic heterocycles. The third-order valence-corrected chi connectivity index (χ3v) is 4.48. The molecule has 2 aliphatic rings. The van der Waals surface area contributed by atoms with Crippen molar-refractivity contribution in [1.29, 1.82) is 0 Å². The van der Waals surface area contributed by atoms with Crippen molar-refractivity contribution in [3.05, 3.63) is 21.5 Å². The summed E-state index contributed by atoms with van der Waals surface area (Å²) in [6, 6.07) is 0. The number of imidazole rings is 1. The first-order valence-corrected chi connectivity index (χ1v) is 7.15. The van der Waals surface area contributed by atoms with E-state index in [1.807, 2.05) is 11.6 Å². The summed E-state index contributed by atoms with van der Waals surface area (Å²) in [5.74, 6) is 3.01. The van der Waals surface area contributed by atoms with Crippen LogP contribution in [0.5, 0.6) is 0 Å². The van der Waals surface area contributed by atoms with Crippen molar-refractivity contribution in [3.8, 4) is 0 Å². The summed E-state index contributed by atoms with van der Waals surface area (Å²) in [7, 11) is 1.91. The summed E-state index contributed by atoms with van der Waals surface area (Å²) in [6.07, 6.45) is 5.15. The molecule has 6 heteroatoms. The second kappa shape index (κ2) is 3.82. The van der Waals surface area contributed by atoms with Gasteiger partial charge in [-0.2, -0.15) is 4.98 Å². The number of hydrogen-bond acceptors (Lipinski definition) is 3. The molecular weight excluding hydrogens is 264 g/mol. The van der Waals surface area contributed by atoms with E-state index in [0.717, 1.165) is 17.7 Å². The number of aryl methyl sites for hydroxylation is 1. The molecule has 2 aromatic rings. The first-order valence-electron chi connectivity index (χ1n) is 6.77. The molecule has 0 aliphatic heterocycles. The smallest absolute Gasteiger partial charge is 0.278 e. The normalized spacial score (nSPS) is 19.5. The third kappa shape index (κ3) is 1.79. The van der Waals surface area contributed by atoms with Gasteiger partial charge in [0.25, 0.3) is 5.56 Å². The van der Waals surface area contributed by atoms with E-state index in [0.29, 0.717) is 17.1 Å². The second-order valence-corrected chi connectivity index (χ2v) is 6.12. The Labute approximate surface area is 115 Å².